The SMILES string of the molecule is CCOc1cc(C=C2N=C3CCCCCN3C2=O)ccc1OC(=O)c1ccc(OC)cc1. The number of ether oxygens (including phenoxy) is 3. The minimum atomic E-state index is -0.495. The van der Waals surface area contributed by atoms with Crippen molar-refractivity contribution in [2.75, 3.05) is 20.3 Å². The number of aliphatic imine (C=N–C) groups is 1. The minimum absolute atomic E-state index is 0.0603. The normalized spacial score (nSPS) is 16.9. The maximum Gasteiger partial charge on any atom is 0.343 e. The summed E-state index contributed by atoms with van der Waals surface area (Å²) in [6, 6.07) is 11.9. The Morgan fingerprint density at radius 1 is 1.09 bits per heavy atom. The molecule has 1 fully saturated rings. The summed E-state index contributed by atoms with van der Waals surface area (Å²) in [5, 5.41) is 0. The van der Waals surface area contributed by atoms with Gasteiger partial charge in [0, 0.05) is 13.0 Å². The van der Waals surface area contributed by atoms with E-state index >= 15 is 0 Å². The van der Waals surface area contributed by atoms with Gasteiger partial charge in [0.15, 0.2) is 11.5 Å². The fourth-order valence-electron chi connectivity index (χ4n) is 3.76. The molecule has 1 amide bonds. The molecule has 0 saturated carbocycles. The van der Waals surface area contributed by atoms with Gasteiger partial charge in [0.1, 0.15) is 17.3 Å². The van der Waals surface area contributed by atoms with Gasteiger partial charge in [0.25, 0.3) is 5.91 Å². The Morgan fingerprint density at radius 3 is 2.66 bits per heavy atom. The van der Waals surface area contributed by atoms with Gasteiger partial charge in [-0.3, -0.25) is 9.69 Å². The molecule has 32 heavy (non-hydrogen) atoms. The van der Waals surface area contributed by atoms with Gasteiger partial charge < -0.3 is 14.2 Å². The first-order valence-corrected chi connectivity index (χ1v) is 10.8. The number of fused-ring (bicyclic) bond motifs is 1. The summed E-state index contributed by atoms with van der Waals surface area (Å²) in [6.45, 7) is 2.98. The highest BCUT2D eigenvalue weighted by Gasteiger charge is 2.30. The largest absolute Gasteiger partial charge is 0.497 e. The first-order valence-electron chi connectivity index (χ1n) is 10.8. The second-order valence-corrected chi connectivity index (χ2v) is 7.58. The van der Waals surface area contributed by atoms with Crippen molar-refractivity contribution in [3.8, 4) is 17.2 Å². The van der Waals surface area contributed by atoms with Crippen LogP contribution in [0.5, 0.6) is 17.2 Å². The van der Waals surface area contributed by atoms with Gasteiger partial charge in [-0.1, -0.05) is 12.5 Å². The van der Waals surface area contributed by atoms with Crippen molar-refractivity contribution in [2.24, 2.45) is 4.99 Å². The van der Waals surface area contributed by atoms with Crippen LogP contribution < -0.4 is 14.2 Å². The molecule has 0 atom stereocenters. The lowest BCUT2D eigenvalue weighted by Crippen LogP contribution is -2.31. The minimum Gasteiger partial charge on any atom is -0.497 e. The molecular weight excluding hydrogens is 408 g/mol. The van der Waals surface area contributed by atoms with Crippen LogP contribution in [-0.4, -0.2) is 42.9 Å². The van der Waals surface area contributed by atoms with E-state index in [9.17, 15) is 9.59 Å². The number of methoxy groups -OCH3 is 1. The van der Waals surface area contributed by atoms with Crippen LogP contribution in [0.1, 0.15) is 48.5 Å². The molecule has 166 valence electrons. The van der Waals surface area contributed by atoms with E-state index in [1.807, 2.05) is 6.92 Å². The van der Waals surface area contributed by atoms with E-state index in [0.717, 1.165) is 43.6 Å². The molecule has 0 spiro atoms. The van der Waals surface area contributed by atoms with Gasteiger partial charge in [-0.25, -0.2) is 9.79 Å². The van der Waals surface area contributed by atoms with Crippen molar-refractivity contribution < 1.29 is 23.8 Å². The molecule has 0 aliphatic carbocycles. The standard InChI is InChI=1S/C25H26N2O5/c1-3-31-22-16-17(15-20-24(28)27-14-6-4-5-7-23(27)26-20)8-13-21(22)32-25(29)18-9-11-19(30-2)12-10-18/h8-13,15-16H,3-7,14H2,1-2H3. The third-order valence-corrected chi connectivity index (χ3v) is 5.41. The van der Waals surface area contributed by atoms with Gasteiger partial charge >= 0.3 is 5.97 Å². The molecule has 2 aromatic carbocycles. The molecule has 0 N–H and O–H groups in total. The molecule has 0 radical (unpaired) electrons. The average Bonchev–Trinajstić information content (AvgIpc) is 2.96. The number of carbonyl (C=O) groups is 2. The molecule has 0 bridgehead atoms. The van der Waals surface area contributed by atoms with Gasteiger partial charge in [0.05, 0.1) is 19.3 Å². The lowest BCUT2D eigenvalue weighted by atomic mass is 10.1. The van der Waals surface area contributed by atoms with Crippen LogP contribution in [0.4, 0.5) is 0 Å². The third-order valence-electron chi connectivity index (χ3n) is 5.41. The highest BCUT2D eigenvalue weighted by atomic mass is 16.6. The molecule has 7 heteroatoms. The molecule has 0 aromatic heterocycles. The van der Waals surface area contributed by atoms with Crippen LogP contribution in [0.15, 0.2) is 53.2 Å². The van der Waals surface area contributed by atoms with Crippen molar-refractivity contribution >= 4 is 23.8 Å². The van der Waals surface area contributed by atoms with E-state index in [2.05, 4.69) is 4.99 Å². The summed E-state index contributed by atoms with van der Waals surface area (Å²) in [4.78, 5) is 31.7. The summed E-state index contributed by atoms with van der Waals surface area (Å²) < 4.78 is 16.4. The molecule has 0 unspecified atom stereocenters. The second-order valence-electron chi connectivity index (χ2n) is 7.58. The summed E-state index contributed by atoms with van der Waals surface area (Å²) >= 11 is 0. The van der Waals surface area contributed by atoms with E-state index in [1.54, 1.807) is 60.6 Å². The van der Waals surface area contributed by atoms with E-state index < -0.39 is 5.97 Å². The Morgan fingerprint density at radius 2 is 1.91 bits per heavy atom. The van der Waals surface area contributed by atoms with Gasteiger partial charge in [0.2, 0.25) is 0 Å². The predicted molar refractivity (Wildman–Crippen MR) is 121 cm³/mol. The summed E-state index contributed by atoms with van der Waals surface area (Å²) in [6.07, 6.45) is 5.75. The fraction of sp³-hybridized carbons (Fsp3) is 0.320. The number of hydrogen-bond donors (Lipinski definition) is 0. The van der Waals surface area contributed by atoms with E-state index in [-0.39, 0.29) is 5.91 Å². The van der Waals surface area contributed by atoms with Gasteiger partial charge in [-0.15, -0.1) is 0 Å². The lowest BCUT2D eigenvalue weighted by molar-refractivity contribution is -0.122. The van der Waals surface area contributed by atoms with Crippen molar-refractivity contribution in [1.29, 1.82) is 0 Å². The van der Waals surface area contributed by atoms with Crippen LogP contribution in [-0.2, 0) is 4.79 Å². The summed E-state index contributed by atoms with van der Waals surface area (Å²) in [5.74, 6) is 1.70. The van der Waals surface area contributed by atoms with E-state index in [1.165, 1.54) is 0 Å². The van der Waals surface area contributed by atoms with Crippen LogP contribution in [0, 0.1) is 0 Å². The summed E-state index contributed by atoms with van der Waals surface area (Å²) in [5.41, 5.74) is 1.58. The Hall–Kier alpha value is -3.61. The first-order chi connectivity index (χ1) is 15.6. The van der Waals surface area contributed by atoms with Crippen molar-refractivity contribution in [1.82, 2.24) is 4.90 Å². The quantitative estimate of drug-likeness (QED) is 0.381. The molecule has 2 aromatic rings. The molecule has 7 nitrogen and oxygen atoms in total. The van der Waals surface area contributed by atoms with E-state index in [4.69, 9.17) is 14.2 Å². The van der Waals surface area contributed by atoms with Gasteiger partial charge in [-0.05, 0) is 67.8 Å². The molecule has 2 aliphatic rings. The molecule has 1 saturated heterocycles. The smallest absolute Gasteiger partial charge is 0.343 e. The molecule has 2 aliphatic heterocycles. The molecule has 2 heterocycles. The third kappa shape index (κ3) is 4.66. The van der Waals surface area contributed by atoms with E-state index in [0.29, 0.717) is 35.1 Å². The maximum atomic E-state index is 12.8. The monoisotopic (exact) mass is 434 g/mol. The summed E-state index contributed by atoms with van der Waals surface area (Å²) in [7, 11) is 1.57. The topological polar surface area (TPSA) is 77.4 Å². The Balaban J connectivity index is 1.55. The Bertz CT molecular complexity index is 1070. The highest BCUT2D eigenvalue weighted by Crippen LogP contribution is 2.31. The fourth-order valence-corrected chi connectivity index (χ4v) is 3.76. The number of amides is 1. The van der Waals surface area contributed by atoms with Crippen LogP contribution in [0.2, 0.25) is 0 Å². The van der Waals surface area contributed by atoms with Crippen LogP contribution in [0.25, 0.3) is 6.08 Å². The molecular formula is C25H26N2O5. The zero-order valence-corrected chi connectivity index (χ0v) is 18.3. The Kier molecular flexibility index (Phi) is 6.54. The second kappa shape index (κ2) is 9.68. The van der Waals surface area contributed by atoms with Crippen LogP contribution in [0.3, 0.4) is 0 Å². The number of hydrogen-bond acceptors (Lipinski definition) is 6. The zero-order chi connectivity index (χ0) is 22.5. The zero-order valence-electron chi connectivity index (χ0n) is 18.3. The number of rotatable bonds is 6. The number of nitrogens with zero attached hydrogens (tertiary/aromatic N) is 2. The number of carbonyl (C=O) groups excluding carboxylic acids is 2. The Labute approximate surface area is 187 Å². The lowest BCUT2D eigenvalue weighted by Gasteiger charge is -2.14. The van der Waals surface area contributed by atoms with Crippen molar-refractivity contribution in [3.63, 3.8) is 0 Å². The average molecular weight is 434 g/mol. The van der Waals surface area contributed by atoms with Gasteiger partial charge in [-0.2, -0.15) is 0 Å². The number of esters is 1. The first kappa shape index (κ1) is 21.6. The number of benzene rings is 2. The number of amidine groups is 1. The molecule has 4 rings (SSSR count). The van der Waals surface area contributed by atoms with Crippen LogP contribution >= 0.6 is 0 Å². The van der Waals surface area contributed by atoms with Crippen molar-refractivity contribution in [3.05, 3.63) is 59.3 Å². The van der Waals surface area contributed by atoms with Crippen molar-refractivity contribution in [2.45, 2.75) is 32.6 Å². The highest BCUT2D eigenvalue weighted by molar-refractivity contribution is 6.14. The predicted octanol–water partition coefficient (Wildman–Crippen LogP) is 4.47. The maximum absolute atomic E-state index is 12.8.